The maximum Gasteiger partial charge on any atom is 0.277 e. The number of aromatic nitrogens is 4. The first-order valence-electron chi connectivity index (χ1n) is 11.6. The summed E-state index contributed by atoms with van der Waals surface area (Å²) in [5.74, 6) is 1.18. The van der Waals surface area contributed by atoms with Gasteiger partial charge >= 0.3 is 0 Å². The van der Waals surface area contributed by atoms with Crippen LogP contribution in [0.25, 0.3) is 21.6 Å². The van der Waals surface area contributed by atoms with Crippen molar-refractivity contribution in [2.75, 3.05) is 43.2 Å². The zero-order valence-electron chi connectivity index (χ0n) is 20.3. The molecule has 1 aliphatic rings. The van der Waals surface area contributed by atoms with Crippen LogP contribution in [0.4, 0.5) is 11.8 Å². The van der Waals surface area contributed by atoms with Gasteiger partial charge in [0, 0.05) is 48.5 Å². The van der Waals surface area contributed by atoms with E-state index in [0.717, 1.165) is 39.6 Å². The summed E-state index contributed by atoms with van der Waals surface area (Å²) in [4.78, 5) is 46.9. The quantitative estimate of drug-likeness (QED) is 0.213. The summed E-state index contributed by atoms with van der Waals surface area (Å²) in [6, 6.07) is 9.41. The van der Waals surface area contributed by atoms with Gasteiger partial charge in [-0.05, 0) is 19.1 Å². The van der Waals surface area contributed by atoms with Gasteiger partial charge in [-0.15, -0.1) is 11.3 Å². The molecule has 11 nitrogen and oxygen atoms in total. The highest BCUT2D eigenvalue weighted by Gasteiger charge is 2.21. The zero-order chi connectivity index (χ0) is 25.9. The lowest BCUT2D eigenvalue weighted by molar-refractivity contribution is 0.0705. The predicted molar refractivity (Wildman–Crippen MR) is 139 cm³/mol. The van der Waals surface area contributed by atoms with Crippen molar-refractivity contribution >= 4 is 45.0 Å². The van der Waals surface area contributed by atoms with Gasteiger partial charge in [0.2, 0.25) is 5.95 Å². The molecule has 0 radical (unpaired) electrons. The van der Waals surface area contributed by atoms with E-state index in [9.17, 15) is 9.59 Å². The number of morpholine rings is 1. The number of thiophene rings is 1. The average Bonchev–Trinajstić information content (AvgIpc) is 3.35. The number of benzene rings is 1. The van der Waals surface area contributed by atoms with Crippen molar-refractivity contribution in [3.05, 3.63) is 58.7 Å². The van der Waals surface area contributed by atoms with E-state index in [0.29, 0.717) is 37.1 Å². The zero-order valence-corrected chi connectivity index (χ0v) is 21.2. The Hall–Kier alpha value is -4.00. The fraction of sp³-hybridized carbons (Fsp3) is 0.280. The Morgan fingerprint density at radius 2 is 1.89 bits per heavy atom. The highest BCUT2D eigenvalue weighted by Crippen LogP contribution is 2.35. The number of hydrogen-bond acceptors (Lipinski definition) is 11. The highest BCUT2D eigenvalue weighted by atomic mass is 32.1. The molecule has 0 bridgehead atoms. The lowest BCUT2D eigenvalue weighted by atomic mass is 10.1. The van der Waals surface area contributed by atoms with E-state index in [-0.39, 0.29) is 11.3 Å². The van der Waals surface area contributed by atoms with Crippen LogP contribution in [-0.2, 0) is 11.3 Å². The lowest BCUT2D eigenvalue weighted by Gasteiger charge is -2.28. The molecular formula is C25H25N7O4S. The summed E-state index contributed by atoms with van der Waals surface area (Å²) in [5.41, 5.74) is 3.95. The molecule has 1 saturated heterocycles. The highest BCUT2D eigenvalue weighted by molar-refractivity contribution is 7.19. The van der Waals surface area contributed by atoms with Crippen molar-refractivity contribution in [3.63, 3.8) is 0 Å². The van der Waals surface area contributed by atoms with Crippen molar-refractivity contribution < 1.29 is 19.5 Å². The molecule has 0 saturated carbocycles. The normalized spacial score (nSPS) is 13.5. The van der Waals surface area contributed by atoms with E-state index in [1.54, 1.807) is 29.8 Å². The standard InChI is InChI=1S/C25H25N7O4S/c1-15(33)16-4-3-5-17(10-16)22-28-20-11-19(37-21(20)23(29-22)32-6-8-36-9-7-32)14-31(2)25-26-12-18(13-27-25)24(34)30-35/h3-5,10-13,35H,6-9,14H2,1-2H3,(H,30,34). The molecule has 12 heteroatoms. The van der Waals surface area contributed by atoms with Crippen molar-refractivity contribution in [1.82, 2.24) is 25.4 Å². The van der Waals surface area contributed by atoms with Gasteiger partial charge in [-0.25, -0.2) is 25.4 Å². The summed E-state index contributed by atoms with van der Waals surface area (Å²) in [5, 5.41) is 8.78. The van der Waals surface area contributed by atoms with Gasteiger partial charge in [-0.3, -0.25) is 14.8 Å². The monoisotopic (exact) mass is 519 g/mol. The number of nitrogens with zero attached hydrogens (tertiary/aromatic N) is 6. The number of Topliss-reactive ketones (excluding diaryl/α,β-unsaturated/α-hetero) is 1. The minimum Gasteiger partial charge on any atom is -0.378 e. The van der Waals surface area contributed by atoms with E-state index < -0.39 is 5.91 Å². The minimum absolute atomic E-state index is 0.00979. The number of amides is 1. The van der Waals surface area contributed by atoms with Gasteiger partial charge in [-0.2, -0.15) is 0 Å². The second kappa shape index (κ2) is 10.5. The number of carbonyl (C=O) groups excluding carboxylic acids is 2. The third kappa shape index (κ3) is 5.26. The van der Waals surface area contributed by atoms with Gasteiger partial charge in [0.1, 0.15) is 0 Å². The van der Waals surface area contributed by atoms with Crippen LogP contribution in [0, 0.1) is 0 Å². The van der Waals surface area contributed by atoms with Crippen LogP contribution in [0.2, 0.25) is 0 Å². The van der Waals surface area contributed by atoms with Crippen molar-refractivity contribution in [3.8, 4) is 11.4 Å². The molecule has 0 aliphatic carbocycles. The van der Waals surface area contributed by atoms with Crippen molar-refractivity contribution in [2.24, 2.45) is 0 Å². The van der Waals surface area contributed by atoms with Crippen LogP contribution in [0.1, 0.15) is 32.5 Å². The van der Waals surface area contributed by atoms with Crippen LogP contribution >= 0.6 is 11.3 Å². The Morgan fingerprint density at radius 1 is 1.14 bits per heavy atom. The first kappa shape index (κ1) is 24.7. The minimum atomic E-state index is -0.669. The number of rotatable bonds is 7. The maximum absolute atomic E-state index is 11.9. The second-order valence-electron chi connectivity index (χ2n) is 8.60. The fourth-order valence-electron chi connectivity index (χ4n) is 4.04. The Labute approximate surface area is 216 Å². The third-order valence-electron chi connectivity index (χ3n) is 5.98. The lowest BCUT2D eigenvalue weighted by Crippen LogP contribution is -2.36. The summed E-state index contributed by atoms with van der Waals surface area (Å²) in [7, 11) is 1.86. The average molecular weight is 520 g/mol. The molecule has 37 heavy (non-hydrogen) atoms. The van der Waals surface area contributed by atoms with E-state index in [2.05, 4.69) is 14.9 Å². The predicted octanol–water partition coefficient (Wildman–Crippen LogP) is 2.94. The molecule has 0 unspecified atom stereocenters. The second-order valence-corrected chi connectivity index (χ2v) is 9.74. The molecule has 2 N–H and O–H groups in total. The third-order valence-corrected chi connectivity index (χ3v) is 7.08. The van der Waals surface area contributed by atoms with Crippen LogP contribution in [-0.4, -0.2) is 70.2 Å². The summed E-state index contributed by atoms with van der Waals surface area (Å²) in [6.45, 7) is 4.78. The number of ketones is 1. The number of fused-ring (bicyclic) bond motifs is 1. The van der Waals surface area contributed by atoms with E-state index in [1.165, 1.54) is 12.4 Å². The first-order valence-corrected chi connectivity index (χ1v) is 12.5. The molecule has 0 atom stereocenters. The first-order chi connectivity index (χ1) is 17.9. The molecule has 1 aliphatic heterocycles. The van der Waals surface area contributed by atoms with Gasteiger partial charge < -0.3 is 14.5 Å². The summed E-state index contributed by atoms with van der Waals surface area (Å²) in [6.07, 6.45) is 2.72. The number of carbonyl (C=O) groups is 2. The van der Waals surface area contributed by atoms with Gasteiger partial charge in [0.05, 0.1) is 35.5 Å². The SMILES string of the molecule is CC(=O)c1cccc(-c2nc(N3CCOCC3)c3sc(CN(C)c4ncc(C(=O)NO)cn4)cc3n2)c1. The van der Waals surface area contributed by atoms with Crippen LogP contribution in [0.5, 0.6) is 0 Å². The number of anilines is 2. The molecule has 190 valence electrons. The molecular weight excluding hydrogens is 494 g/mol. The molecule has 4 aromatic rings. The molecule has 1 amide bonds. The molecule has 1 fully saturated rings. The number of ether oxygens (including phenoxy) is 1. The van der Waals surface area contributed by atoms with E-state index >= 15 is 0 Å². The van der Waals surface area contributed by atoms with Crippen LogP contribution in [0.3, 0.4) is 0 Å². The largest absolute Gasteiger partial charge is 0.378 e. The van der Waals surface area contributed by atoms with Crippen LogP contribution < -0.4 is 15.3 Å². The van der Waals surface area contributed by atoms with E-state index in [1.807, 2.05) is 36.2 Å². The van der Waals surface area contributed by atoms with Crippen molar-refractivity contribution in [1.29, 1.82) is 0 Å². The molecule has 4 heterocycles. The topological polar surface area (TPSA) is 134 Å². The van der Waals surface area contributed by atoms with Crippen molar-refractivity contribution in [2.45, 2.75) is 13.5 Å². The summed E-state index contributed by atoms with van der Waals surface area (Å²) >= 11 is 1.61. The Balaban J connectivity index is 1.50. The fourth-order valence-corrected chi connectivity index (χ4v) is 5.21. The number of hydroxylamine groups is 1. The number of nitrogens with one attached hydrogen (secondary N) is 1. The molecule has 5 rings (SSSR count). The number of hydrogen-bond donors (Lipinski definition) is 2. The Morgan fingerprint density at radius 3 is 2.59 bits per heavy atom. The van der Waals surface area contributed by atoms with E-state index in [4.69, 9.17) is 19.9 Å². The van der Waals surface area contributed by atoms with Gasteiger partial charge in [0.15, 0.2) is 17.4 Å². The molecule has 0 spiro atoms. The van der Waals surface area contributed by atoms with Crippen LogP contribution in [0.15, 0.2) is 42.7 Å². The van der Waals surface area contributed by atoms with Gasteiger partial charge in [-0.1, -0.05) is 18.2 Å². The Kier molecular flexibility index (Phi) is 7.04. The smallest absolute Gasteiger partial charge is 0.277 e. The van der Waals surface area contributed by atoms with Gasteiger partial charge in [0.25, 0.3) is 5.91 Å². The maximum atomic E-state index is 11.9. The Bertz CT molecular complexity index is 1450. The molecule has 3 aromatic heterocycles. The summed E-state index contributed by atoms with van der Waals surface area (Å²) < 4.78 is 6.53. The molecule has 1 aromatic carbocycles.